The van der Waals surface area contributed by atoms with Gasteiger partial charge in [0.05, 0.1) is 31.6 Å². The summed E-state index contributed by atoms with van der Waals surface area (Å²) in [5.74, 6) is 2.22. The highest BCUT2D eigenvalue weighted by Gasteiger charge is 2.14. The lowest BCUT2D eigenvalue weighted by Gasteiger charge is -2.14. The number of carbonyl (C=O) groups excluding carboxylic acids is 1. The van der Waals surface area contributed by atoms with Crippen molar-refractivity contribution in [3.63, 3.8) is 0 Å². The molecule has 1 heterocycles. The molecule has 2 N–H and O–H groups in total. The van der Waals surface area contributed by atoms with E-state index in [1.165, 1.54) is 0 Å². The molecule has 0 fully saturated rings. The average molecular weight is 374 g/mol. The molecular formula is C22H18N2O4. The summed E-state index contributed by atoms with van der Waals surface area (Å²) < 4.78 is 16.9. The maximum absolute atomic E-state index is 11.2. The van der Waals surface area contributed by atoms with E-state index in [-0.39, 0.29) is 0 Å². The number of hydrogen-bond acceptors (Lipinski definition) is 6. The maximum atomic E-state index is 11.2. The third-order valence-electron chi connectivity index (χ3n) is 4.58. The highest BCUT2D eigenvalue weighted by Crippen LogP contribution is 2.40. The highest BCUT2D eigenvalue weighted by molar-refractivity contribution is 5.98. The molecular weight excluding hydrogens is 356 g/mol. The minimum absolute atomic E-state index is 0.404. The summed E-state index contributed by atoms with van der Waals surface area (Å²) in [5.41, 5.74) is 7.86. The number of aldehydes is 1. The number of ether oxygens (including phenoxy) is 3. The minimum Gasteiger partial charge on any atom is -0.493 e. The smallest absolute Gasteiger partial charge is 0.162 e. The van der Waals surface area contributed by atoms with Crippen LogP contribution in [0.1, 0.15) is 10.4 Å². The Balaban J connectivity index is 1.84. The topological polar surface area (TPSA) is 83.7 Å². The molecule has 140 valence electrons. The fourth-order valence-electron chi connectivity index (χ4n) is 3.19. The Kier molecular flexibility index (Phi) is 4.45. The number of nitrogens with two attached hydrogens (primary N) is 1. The molecule has 28 heavy (non-hydrogen) atoms. The SMILES string of the molecule is COc1cc2ncc(N)c(Oc3ccc4c(C=O)cccc4c3)c2cc1OC. The van der Waals surface area contributed by atoms with Gasteiger partial charge in [0.15, 0.2) is 23.5 Å². The number of pyridine rings is 1. The van der Waals surface area contributed by atoms with E-state index >= 15 is 0 Å². The van der Waals surface area contributed by atoms with E-state index in [1.54, 1.807) is 38.6 Å². The predicted octanol–water partition coefficient (Wildman–Crippen LogP) is 4.59. The van der Waals surface area contributed by atoms with Crippen molar-refractivity contribution < 1.29 is 19.0 Å². The lowest BCUT2D eigenvalue weighted by molar-refractivity contribution is 0.112. The number of benzene rings is 3. The second-order valence-corrected chi connectivity index (χ2v) is 6.22. The first-order valence-corrected chi connectivity index (χ1v) is 8.60. The first-order valence-electron chi connectivity index (χ1n) is 8.60. The molecule has 0 atom stereocenters. The highest BCUT2D eigenvalue weighted by atomic mass is 16.5. The first-order chi connectivity index (χ1) is 13.6. The molecule has 0 saturated heterocycles. The summed E-state index contributed by atoms with van der Waals surface area (Å²) in [7, 11) is 3.14. The third-order valence-corrected chi connectivity index (χ3v) is 4.58. The monoisotopic (exact) mass is 374 g/mol. The second kappa shape index (κ2) is 7.08. The number of fused-ring (bicyclic) bond motifs is 2. The van der Waals surface area contributed by atoms with Crippen LogP contribution in [-0.4, -0.2) is 25.5 Å². The zero-order valence-corrected chi connectivity index (χ0v) is 15.4. The summed E-state index contributed by atoms with van der Waals surface area (Å²) in [4.78, 5) is 15.6. The van der Waals surface area contributed by atoms with Gasteiger partial charge in [-0.3, -0.25) is 9.78 Å². The van der Waals surface area contributed by atoms with Crippen LogP contribution in [0.4, 0.5) is 5.69 Å². The molecule has 0 radical (unpaired) electrons. The molecule has 0 saturated carbocycles. The molecule has 4 aromatic rings. The van der Waals surface area contributed by atoms with Gasteiger partial charge >= 0.3 is 0 Å². The van der Waals surface area contributed by atoms with Crippen LogP contribution in [-0.2, 0) is 0 Å². The van der Waals surface area contributed by atoms with Gasteiger partial charge in [-0.15, -0.1) is 0 Å². The Labute approximate surface area is 161 Å². The van der Waals surface area contributed by atoms with Crippen LogP contribution in [0, 0.1) is 0 Å². The fourth-order valence-corrected chi connectivity index (χ4v) is 3.19. The van der Waals surface area contributed by atoms with Crippen molar-refractivity contribution in [2.75, 3.05) is 20.0 Å². The van der Waals surface area contributed by atoms with Crippen molar-refractivity contribution in [2.45, 2.75) is 0 Å². The lowest BCUT2D eigenvalue weighted by Crippen LogP contribution is -1.97. The van der Waals surface area contributed by atoms with E-state index in [2.05, 4.69) is 4.98 Å². The van der Waals surface area contributed by atoms with Crippen molar-refractivity contribution in [1.82, 2.24) is 4.98 Å². The van der Waals surface area contributed by atoms with E-state index in [4.69, 9.17) is 19.9 Å². The van der Waals surface area contributed by atoms with Gasteiger partial charge in [0, 0.05) is 17.0 Å². The van der Waals surface area contributed by atoms with E-state index < -0.39 is 0 Å². The molecule has 0 aliphatic carbocycles. The molecule has 1 aromatic heterocycles. The summed E-state index contributed by atoms with van der Waals surface area (Å²) in [5, 5.41) is 2.47. The van der Waals surface area contributed by atoms with E-state index in [9.17, 15) is 4.79 Å². The minimum atomic E-state index is 0.404. The lowest BCUT2D eigenvalue weighted by atomic mass is 10.1. The van der Waals surface area contributed by atoms with Crippen molar-refractivity contribution in [1.29, 1.82) is 0 Å². The Hall–Kier alpha value is -3.80. The summed E-state index contributed by atoms with van der Waals surface area (Å²) in [6, 6.07) is 14.6. The van der Waals surface area contributed by atoms with Gasteiger partial charge in [0.2, 0.25) is 0 Å². The largest absolute Gasteiger partial charge is 0.493 e. The van der Waals surface area contributed by atoms with Crippen molar-refractivity contribution >= 4 is 33.6 Å². The Bertz CT molecular complexity index is 1200. The number of aromatic nitrogens is 1. The number of nitrogens with zero attached hydrogens (tertiary/aromatic N) is 1. The van der Waals surface area contributed by atoms with Crippen LogP contribution in [0.5, 0.6) is 23.0 Å². The van der Waals surface area contributed by atoms with Crippen LogP contribution in [0.2, 0.25) is 0 Å². The summed E-state index contributed by atoms with van der Waals surface area (Å²) in [6.07, 6.45) is 2.39. The molecule has 0 unspecified atom stereocenters. The summed E-state index contributed by atoms with van der Waals surface area (Å²) in [6.45, 7) is 0. The second-order valence-electron chi connectivity index (χ2n) is 6.22. The van der Waals surface area contributed by atoms with Crippen LogP contribution >= 0.6 is 0 Å². The van der Waals surface area contributed by atoms with Gasteiger partial charge in [-0.05, 0) is 35.0 Å². The van der Waals surface area contributed by atoms with Gasteiger partial charge in [-0.25, -0.2) is 0 Å². The normalized spacial score (nSPS) is 10.8. The predicted molar refractivity (Wildman–Crippen MR) is 109 cm³/mol. The maximum Gasteiger partial charge on any atom is 0.162 e. The Morgan fingerprint density at radius 3 is 2.50 bits per heavy atom. The molecule has 3 aromatic carbocycles. The molecule has 0 spiro atoms. The first kappa shape index (κ1) is 17.6. The van der Waals surface area contributed by atoms with Gasteiger partial charge < -0.3 is 19.9 Å². The number of hydrogen-bond donors (Lipinski definition) is 1. The molecule has 0 amide bonds. The third kappa shape index (κ3) is 2.95. The number of anilines is 1. The quantitative estimate of drug-likeness (QED) is 0.514. The van der Waals surface area contributed by atoms with Crippen molar-refractivity contribution in [3.05, 3.63) is 60.3 Å². The zero-order chi connectivity index (χ0) is 19.7. The number of rotatable bonds is 5. The molecule has 6 nitrogen and oxygen atoms in total. The van der Waals surface area contributed by atoms with Crippen molar-refractivity contribution in [2.24, 2.45) is 0 Å². The molecule has 6 heteroatoms. The fraction of sp³-hybridized carbons (Fsp3) is 0.0909. The van der Waals surface area contributed by atoms with Gasteiger partial charge in [0.25, 0.3) is 0 Å². The molecule has 0 aliphatic rings. The van der Waals surface area contributed by atoms with Crippen LogP contribution in [0.25, 0.3) is 21.7 Å². The number of nitrogen functional groups attached to an aromatic ring is 1. The van der Waals surface area contributed by atoms with Gasteiger partial charge in [-0.2, -0.15) is 0 Å². The van der Waals surface area contributed by atoms with E-state index in [1.807, 2.05) is 30.3 Å². The Morgan fingerprint density at radius 1 is 0.964 bits per heavy atom. The molecule has 4 rings (SSSR count). The Morgan fingerprint density at radius 2 is 1.75 bits per heavy atom. The number of carbonyl (C=O) groups is 1. The average Bonchev–Trinajstić information content (AvgIpc) is 2.74. The van der Waals surface area contributed by atoms with Gasteiger partial charge in [0.1, 0.15) is 5.75 Å². The van der Waals surface area contributed by atoms with Crippen LogP contribution in [0.15, 0.2) is 54.7 Å². The number of methoxy groups -OCH3 is 2. The zero-order valence-electron chi connectivity index (χ0n) is 15.4. The molecule has 0 aliphatic heterocycles. The van der Waals surface area contributed by atoms with Gasteiger partial charge in [-0.1, -0.05) is 18.2 Å². The van der Waals surface area contributed by atoms with Crippen LogP contribution in [0.3, 0.4) is 0 Å². The van der Waals surface area contributed by atoms with Crippen LogP contribution < -0.4 is 19.9 Å². The van der Waals surface area contributed by atoms with E-state index in [0.29, 0.717) is 45.2 Å². The van der Waals surface area contributed by atoms with E-state index in [0.717, 1.165) is 17.1 Å². The summed E-state index contributed by atoms with van der Waals surface area (Å²) >= 11 is 0. The molecule has 0 bridgehead atoms. The van der Waals surface area contributed by atoms with Crippen molar-refractivity contribution in [3.8, 4) is 23.0 Å². The standard InChI is InChI=1S/C22H18N2O4/c1-26-20-9-17-19(10-21(20)27-2)24-11-18(23)22(17)28-15-6-7-16-13(8-15)4-3-5-14(16)12-25/h3-12H,23H2,1-2H3.